The first kappa shape index (κ1) is 21.3. The molecule has 0 spiro atoms. The number of rotatable bonds is 7. The largest absolute Gasteiger partial charge is 0.351 e. The predicted molar refractivity (Wildman–Crippen MR) is 121 cm³/mol. The number of aromatic nitrogens is 2. The van der Waals surface area contributed by atoms with Gasteiger partial charge in [0.2, 0.25) is 0 Å². The number of carbonyl (C=O) groups is 1. The van der Waals surface area contributed by atoms with E-state index in [1.54, 1.807) is 30.3 Å². The molecule has 31 heavy (non-hydrogen) atoms. The lowest BCUT2D eigenvalue weighted by Gasteiger charge is -2.09. The van der Waals surface area contributed by atoms with Crippen LogP contribution in [0.1, 0.15) is 41.9 Å². The second-order valence-corrected chi connectivity index (χ2v) is 9.91. The van der Waals surface area contributed by atoms with E-state index in [9.17, 15) is 13.2 Å². The van der Waals surface area contributed by atoms with Crippen LogP contribution in [0.4, 0.5) is 0 Å². The number of carbonyl (C=O) groups excluding carboxylic acids is 1. The Hall–Kier alpha value is -2.93. The predicted octanol–water partition coefficient (Wildman–Crippen LogP) is 3.87. The topological polar surface area (TPSA) is 81.1 Å². The van der Waals surface area contributed by atoms with Crippen LogP contribution in [0.15, 0.2) is 65.6 Å². The average molecular weight is 438 g/mol. The molecule has 1 N–H and O–H groups in total. The van der Waals surface area contributed by atoms with Gasteiger partial charge in [0.15, 0.2) is 9.84 Å². The van der Waals surface area contributed by atoms with Crippen LogP contribution in [0.3, 0.4) is 0 Å². The van der Waals surface area contributed by atoms with Crippen molar-refractivity contribution < 1.29 is 13.2 Å². The summed E-state index contributed by atoms with van der Waals surface area (Å²) in [5, 5.41) is 2.88. The van der Waals surface area contributed by atoms with Crippen molar-refractivity contribution in [3.05, 3.63) is 72.1 Å². The summed E-state index contributed by atoms with van der Waals surface area (Å²) in [4.78, 5) is 18.0. The van der Waals surface area contributed by atoms with Gasteiger partial charge in [0.1, 0.15) is 11.5 Å². The highest BCUT2D eigenvalue weighted by Gasteiger charge is 2.24. The molecule has 0 aliphatic carbocycles. The van der Waals surface area contributed by atoms with Crippen LogP contribution in [-0.4, -0.2) is 36.2 Å². The average Bonchev–Trinajstić information content (AvgIpc) is 2.99. The molecule has 0 fully saturated rings. The zero-order chi connectivity index (χ0) is 21.7. The van der Waals surface area contributed by atoms with E-state index in [2.05, 4.69) is 9.88 Å². The first-order valence-corrected chi connectivity index (χ1v) is 12.4. The fraction of sp³-hybridized carbons (Fsp3) is 0.333. The first-order chi connectivity index (χ1) is 15.1. The van der Waals surface area contributed by atoms with E-state index in [1.165, 1.54) is 0 Å². The Morgan fingerprint density at radius 2 is 1.68 bits per heavy atom. The Kier molecular flexibility index (Phi) is 6.51. The van der Waals surface area contributed by atoms with Crippen LogP contribution in [0.5, 0.6) is 0 Å². The molecule has 4 rings (SSSR count). The van der Waals surface area contributed by atoms with Gasteiger partial charge in [-0.25, -0.2) is 13.4 Å². The third-order valence-corrected chi connectivity index (χ3v) is 7.41. The second kappa shape index (κ2) is 9.47. The molecular weight excluding hydrogens is 410 g/mol. The number of fused-ring (bicyclic) bond motifs is 1. The minimum Gasteiger partial charge on any atom is -0.351 e. The Labute approximate surface area is 183 Å². The summed E-state index contributed by atoms with van der Waals surface area (Å²) in [6.07, 6.45) is 4.42. The molecular formula is C24H27N3O3S. The van der Waals surface area contributed by atoms with Gasteiger partial charge in [0.05, 0.1) is 16.3 Å². The number of sulfone groups is 1. The van der Waals surface area contributed by atoms with Crippen molar-refractivity contribution >= 4 is 15.7 Å². The molecule has 1 amide bonds. The molecule has 2 aromatic carbocycles. The third-order valence-electron chi connectivity index (χ3n) is 5.59. The lowest BCUT2D eigenvalue weighted by Crippen LogP contribution is -2.27. The van der Waals surface area contributed by atoms with Crippen molar-refractivity contribution in [3.63, 3.8) is 0 Å². The van der Waals surface area contributed by atoms with E-state index < -0.39 is 9.84 Å². The molecule has 1 aliphatic heterocycles. The minimum absolute atomic E-state index is 0.00609. The standard InChI is InChI=1S/C24H27N3O3S/c28-24(25-16-10-18-31(29,30)20-13-6-2-7-14-20)22-21-15-8-3-9-17-27(21)23(26-22)19-11-4-1-5-12-19/h1-2,4-7,11-14H,3,8-10,15-18H2,(H,25,28). The molecule has 0 unspecified atom stereocenters. The maximum Gasteiger partial charge on any atom is 0.271 e. The van der Waals surface area contributed by atoms with Gasteiger partial charge in [0.25, 0.3) is 5.91 Å². The van der Waals surface area contributed by atoms with E-state index in [0.717, 1.165) is 49.3 Å². The molecule has 1 aliphatic rings. The van der Waals surface area contributed by atoms with E-state index in [0.29, 0.717) is 17.0 Å². The van der Waals surface area contributed by atoms with E-state index in [1.807, 2.05) is 30.3 Å². The lowest BCUT2D eigenvalue weighted by atomic mass is 10.1. The summed E-state index contributed by atoms with van der Waals surface area (Å²) in [5.41, 5.74) is 2.44. The zero-order valence-electron chi connectivity index (χ0n) is 17.5. The number of nitrogens with one attached hydrogen (secondary N) is 1. The smallest absolute Gasteiger partial charge is 0.271 e. The van der Waals surface area contributed by atoms with Gasteiger partial charge >= 0.3 is 0 Å². The van der Waals surface area contributed by atoms with Crippen molar-refractivity contribution in [1.82, 2.24) is 14.9 Å². The fourth-order valence-corrected chi connectivity index (χ4v) is 5.33. The van der Waals surface area contributed by atoms with Gasteiger partial charge < -0.3 is 9.88 Å². The Bertz CT molecular complexity index is 1140. The molecule has 0 bridgehead atoms. The van der Waals surface area contributed by atoms with Gasteiger partial charge in [-0.05, 0) is 37.8 Å². The van der Waals surface area contributed by atoms with E-state index in [4.69, 9.17) is 4.98 Å². The fourth-order valence-electron chi connectivity index (χ4n) is 4.00. The number of benzene rings is 2. The summed E-state index contributed by atoms with van der Waals surface area (Å²) in [7, 11) is -3.34. The van der Waals surface area contributed by atoms with E-state index in [-0.39, 0.29) is 18.2 Å². The highest BCUT2D eigenvalue weighted by molar-refractivity contribution is 7.91. The maximum absolute atomic E-state index is 12.9. The van der Waals surface area contributed by atoms with Gasteiger partial charge in [-0.2, -0.15) is 0 Å². The molecule has 0 atom stereocenters. The molecule has 1 aromatic heterocycles. The number of imidazole rings is 1. The number of hydrogen-bond donors (Lipinski definition) is 1. The van der Waals surface area contributed by atoms with Crippen molar-refractivity contribution in [1.29, 1.82) is 0 Å². The molecule has 0 saturated carbocycles. The molecule has 0 radical (unpaired) electrons. The van der Waals surface area contributed by atoms with E-state index >= 15 is 0 Å². The number of hydrogen-bond acceptors (Lipinski definition) is 4. The summed E-state index contributed by atoms with van der Waals surface area (Å²) >= 11 is 0. The van der Waals surface area contributed by atoms with Crippen molar-refractivity contribution in [3.8, 4) is 11.4 Å². The molecule has 6 nitrogen and oxygen atoms in total. The quantitative estimate of drug-likeness (QED) is 0.569. The zero-order valence-corrected chi connectivity index (χ0v) is 18.3. The van der Waals surface area contributed by atoms with Crippen LogP contribution in [0.25, 0.3) is 11.4 Å². The van der Waals surface area contributed by atoms with Crippen LogP contribution in [0, 0.1) is 0 Å². The van der Waals surface area contributed by atoms with Gasteiger partial charge in [-0.15, -0.1) is 0 Å². The van der Waals surface area contributed by atoms with Crippen LogP contribution < -0.4 is 5.32 Å². The van der Waals surface area contributed by atoms with Crippen molar-refractivity contribution in [2.24, 2.45) is 0 Å². The molecule has 3 aromatic rings. The SMILES string of the molecule is O=C(NCCCS(=O)(=O)c1ccccc1)c1nc(-c2ccccc2)n2c1CCCCC2. The molecule has 7 heteroatoms. The number of nitrogens with zero attached hydrogens (tertiary/aromatic N) is 2. The monoisotopic (exact) mass is 437 g/mol. The Morgan fingerprint density at radius 1 is 0.968 bits per heavy atom. The van der Waals surface area contributed by atoms with Crippen LogP contribution >= 0.6 is 0 Å². The third kappa shape index (κ3) is 4.88. The maximum atomic E-state index is 12.9. The summed E-state index contributed by atoms with van der Waals surface area (Å²) < 4.78 is 27.0. The minimum atomic E-state index is -3.34. The lowest BCUT2D eigenvalue weighted by molar-refractivity contribution is 0.0948. The number of amides is 1. The highest BCUT2D eigenvalue weighted by atomic mass is 32.2. The molecule has 162 valence electrons. The second-order valence-electron chi connectivity index (χ2n) is 7.80. The van der Waals surface area contributed by atoms with Crippen molar-refractivity contribution in [2.45, 2.75) is 43.5 Å². The Morgan fingerprint density at radius 3 is 2.42 bits per heavy atom. The van der Waals surface area contributed by atoms with Crippen LogP contribution in [-0.2, 0) is 22.8 Å². The van der Waals surface area contributed by atoms with Gasteiger partial charge in [0, 0.05) is 18.7 Å². The van der Waals surface area contributed by atoms with Gasteiger partial charge in [-0.1, -0.05) is 55.0 Å². The van der Waals surface area contributed by atoms with Crippen LogP contribution in [0.2, 0.25) is 0 Å². The molecule has 0 saturated heterocycles. The normalized spacial score (nSPS) is 13.9. The Balaban J connectivity index is 1.46. The molecule has 2 heterocycles. The summed E-state index contributed by atoms with van der Waals surface area (Å²) in [5.74, 6) is 0.590. The van der Waals surface area contributed by atoms with Gasteiger partial charge in [-0.3, -0.25) is 4.79 Å². The highest BCUT2D eigenvalue weighted by Crippen LogP contribution is 2.27. The summed E-state index contributed by atoms with van der Waals surface area (Å²) in [6.45, 7) is 1.15. The first-order valence-electron chi connectivity index (χ1n) is 10.8. The summed E-state index contributed by atoms with van der Waals surface area (Å²) in [6, 6.07) is 18.3. The van der Waals surface area contributed by atoms with Crippen molar-refractivity contribution in [2.75, 3.05) is 12.3 Å².